The van der Waals surface area contributed by atoms with Gasteiger partial charge in [0.15, 0.2) is 0 Å². The van der Waals surface area contributed by atoms with Crippen molar-refractivity contribution < 1.29 is 8.42 Å². The molecule has 2 aromatic carbocycles. The molecule has 2 aromatic rings. The summed E-state index contributed by atoms with van der Waals surface area (Å²) in [5.41, 5.74) is 0. The van der Waals surface area contributed by atoms with Crippen molar-refractivity contribution in [3.63, 3.8) is 0 Å². The summed E-state index contributed by atoms with van der Waals surface area (Å²) in [7, 11) is -3.74. The van der Waals surface area contributed by atoms with Gasteiger partial charge in [-0.25, -0.2) is 8.42 Å². The number of hydrogen-bond acceptors (Lipinski definition) is 2. The molecule has 0 bridgehead atoms. The van der Waals surface area contributed by atoms with Crippen LogP contribution in [0.4, 0.5) is 0 Å². The highest BCUT2D eigenvalue weighted by molar-refractivity contribution is 7.91. The molecule has 0 saturated heterocycles. The largest absolute Gasteiger partial charge is 0.218 e. The Balaban J connectivity index is 2.70. The van der Waals surface area contributed by atoms with Gasteiger partial charge in [0.2, 0.25) is 9.84 Å². The molecule has 2 rings (SSSR count). The van der Waals surface area contributed by atoms with E-state index in [2.05, 4.69) is 0 Å². The van der Waals surface area contributed by atoms with Crippen molar-refractivity contribution in [2.75, 3.05) is 0 Å². The number of hydrogen-bond donors (Lipinski definition) is 0. The van der Waals surface area contributed by atoms with Crippen LogP contribution in [-0.2, 0) is 9.84 Å². The maximum absolute atomic E-state index is 12.4. The molecule has 0 amide bonds. The minimum Gasteiger partial charge on any atom is -0.218 e. The van der Waals surface area contributed by atoms with E-state index in [1.807, 2.05) is 0 Å². The molecule has 0 radical (unpaired) electrons. The van der Waals surface area contributed by atoms with Crippen molar-refractivity contribution in [2.24, 2.45) is 0 Å². The van der Waals surface area contributed by atoms with E-state index in [0.29, 0.717) is 0 Å². The van der Waals surface area contributed by atoms with Crippen LogP contribution in [-0.4, -0.2) is 8.42 Å². The Morgan fingerprint density at radius 2 is 1.33 bits per heavy atom. The summed E-state index contributed by atoms with van der Waals surface area (Å²) in [4.78, 5) is 0.0116. The van der Waals surface area contributed by atoms with Gasteiger partial charge < -0.3 is 0 Å². The van der Waals surface area contributed by atoms with Crippen LogP contribution in [0.5, 0.6) is 0 Å². The predicted octanol–water partition coefficient (Wildman–Crippen LogP) is 4.48. The van der Waals surface area contributed by atoms with Crippen LogP contribution in [0, 0.1) is 0 Å². The second-order valence-electron chi connectivity index (χ2n) is 3.52. The fourth-order valence-electron chi connectivity index (χ4n) is 1.50. The molecule has 18 heavy (non-hydrogen) atoms. The summed E-state index contributed by atoms with van der Waals surface area (Å²) in [6.45, 7) is 0. The van der Waals surface area contributed by atoms with E-state index in [9.17, 15) is 8.42 Å². The average molecular weight is 322 g/mol. The van der Waals surface area contributed by atoms with Crippen molar-refractivity contribution in [1.82, 2.24) is 0 Å². The van der Waals surface area contributed by atoms with Gasteiger partial charge in [0.05, 0.1) is 14.9 Å². The normalized spacial score (nSPS) is 11.5. The Labute approximate surface area is 120 Å². The number of benzene rings is 2. The van der Waals surface area contributed by atoms with Gasteiger partial charge in [-0.15, -0.1) is 0 Å². The van der Waals surface area contributed by atoms with E-state index < -0.39 is 9.84 Å². The first-order chi connectivity index (χ1) is 8.43. The molecular formula is C12H7Cl3O2S. The van der Waals surface area contributed by atoms with Crippen LogP contribution in [0.3, 0.4) is 0 Å². The molecular weight excluding hydrogens is 315 g/mol. The molecule has 0 N–H and O–H groups in total. The zero-order valence-electron chi connectivity index (χ0n) is 8.90. The van der Waals surface area contributed by atoms with Crippen molar-refractivity contribution in [1.29, 1.82) is 0 Å². The smallest absolute Gasteiger partial charge is 0.209 e. The first-order valence-corrected chi connectivity index (χ1v) is 7.49. The molecule has 94 valence electrons. The number of rotatable bonds is 2. The van der Waals surface area contributed by atoms with Crippen molar-refractivity contribution in [3.05, 3.63) is 57.5 Å². The standard InChI is InChI=1S/C12H7Cl3O2S/c13-8-6-10(14)12(11(15)7-8)18(16,17)9-4-2-1-3-5-9/h1-7H. The highest BCUT2D eigenvalue weighted by atomic mass is 35.5. The van der Waals surface area contributed by atoms with Crippen LogP contribution < -0.4 is 0 Å². The zero-order chi connectivity index (χ0) is 13.3. The number of halogens is 3. The third kappa shape index (κ3) is 2.50. The molecule has 0 aliphatic heterocycles. The fraction of sp³-hybridized carbons (Fsp3) is 0. The second kappa shape index (κ2) is 5.10. The molecule has 2 nitrogen and oxygen atoms in total. The van der Waals surface area contributed by atoms with Gasteiger partial charge in [-0.2, -0.15) is 0 Å². The van der Waals surface area contributed by atoms with Crippen LogP contribution in [0.2, 0.25) is 15.1 Å². The summed E-state index contributed by atoms with van der Waals surface area (Å²) < 4.78 is 24.7. The van der Waals surface area contributed by atoms with Crippen molar-refractivity contribution >= 4 is 44.6 Å². The lowest BCUT2D eigenvalue weighted by molar-refractivity contribution is 0.596. The van der Waals surface area contributed by atoms with Gasteiger partial charge in [0.25, 0.3) is 0 Å². The molecule has 0 fully saturated rings. The average Bonchev–Trinajstić information content (AvgIpc) is 2.28. The van der Waals surface area contributed by atoms with Crippen LogP contribution in [0.15, 0.2) is 52.3 Å². The summed E-state index contributed by atoms with van der Waals surface area (Å²) in [5.74, 6) is 0. The maximum Gasteiger partial charge on any atom is 0.209 e. The van der Waals surface area contributed by atoms with Crippen molar-refractivity contribution in [3.8, 4) is 0 Å². The molecule has 0 unspecified atom stereocenters. The molecule has 0 aliphatic rings. The lowest BCUT2D eigenvalue weighted by Crippen LogP contribution is -2.03. The molecule has 0 spiro atoms. The van der Waals surface area contributed by atoms with Gasteiger partial charge in [0.1, 0.15) is 4.90 Å². The van der Waals surface area contributed by atoms with Gasteiger partial charge in [0, 0.05) is 5.02 Å². The third-order valence-electron chi connectivity index (χ3n) is 2.29. The van der Waals surface area contributed by atoms with Gasteiger partial charge in [-0.05, 0) is 24.3 Å². The van der Waals surface area contributed by atoms with E-state index in [0.717, 1.165) is 0 Å². The van der Waals surface area contributed by atoms with E-state index in [4.69, 9.17) is 34.8 Å². The first-order valence-electron chi connectivity index (χ1n) is 4.87. The summed E-state index contributed by atoms with van der Waals surface area (Å²) >= 11 is 17.6. The Morgan fingerprint density at radius 3 is 1.83 bits per heavy atom. The van der Waals surface area contributed by atoms with Crippen LogP contribution >= 0.6 is 34.8 Å². The first kappa shape index (κ1) is 13.7. The lowest BCUT2D eigenvalue weighted by atomic mass is 10.3. The minimum atomic E-state index is -3.74. The zero-order valence-corrected chi connectivity index (χ0v) is 12.0. The molecule has 0 atom stereocenters. The highest BCUT2D eigenvalue weighted by Gasteiger charge is 2.24. The van der Waals surface area contributed by atoms with E-state index in [1.54, 1.807) is 18.2 Å². The van der Waals surface area contributed by atoms with Crippen LogP contribution in [0.25, 0.3) is 0 Å². The third-order valence-corrected chi connectivity index (χ3v) is 5.19. The Hall–Kier alpha value is -0.740. The maximum atomic E-state index is 12.4. The lowest BCUT2D eigenvalue weighted by Gasteiger charge is -2.09. The fourth-order valence-corrected chi connectivity index (χ4v) is 4.31. The predicted molar refractivity (Wildman–Crippen MR) is 73.4 cm³/mol. The monoisotopic (exact) mass is 320 g/mol. The molecule has 0 aromatic heterocycles. The molecule has 6 heteroatoms. The van der Waals surface area contributed by atoms with Crippen molar-refractivity contribution in [2.45, 2.75) is 9.79 Å². The molecule has 0 aliphatic carbocycles. The molecule has 0 saturated carbocycles. The topological polar surface area (TPSA) is 34.1 Å². The van der Waals surface area contributed by atoms with E-state index in [1.165, 1.54) is 24.3 Å². The highest BCUT2D eigenvalue weighted by Crippen LogP contribution is 2.35. The summed E-state index contributed by atoms with van der Waals surface area (Å²) in [5, 5.41) is 0.310. The SMILES string of the molecule is O=S(=O)(c1ccccc1)c1c(Cl)cc(Cl)cc1Cl. The Kier molecular flexibility index (Phi) is 3.87. The van der Waals surface area contributed by atoms with E-state index >= 15 is 0 Å². The summed E-state index contributed by atoms with van der Waals surface area (Å²) in [6, 6.07) is 10.7. The van der Waals surface area contributed by atoms with E-state index in [-0.39, 0.29) is 24.9 Å². The van der Waals surface area contributed by atoms with Gasteiger partial charge >= 0.3 is 0 Å². The summed E-state index contributed by atoms with van der Waals surface area (Å²) in [6.07, 6.45) is 0. The van der Waals surface area contributed by atoms with Gasteiger partial charge in [-0.3, -0.25) is 0 Å². The van der Waals surface area contributed by atoms with Crippen LogP contribution in [0.1, 0.15) is 0 Å². The Morgan fingerprint density at radius 1 is 0.833 bits per heavy atom. The quantitative estimate of drug-likeness (QED) is 0.817. The van der Waals surface area contributed by atoms with Gasteiger partial charge in [-0.1, -0.05) is 53.0 Å². The Bertz CT molecular complexity index is 659. The second-order valence-corrected chi connectivity index (χ2v) is 6.65. The number of sulfone groups is 1. The molecule has 0 heterocycles. The minimum absolute atomic E-state index is 0.0105.